The highest BCUT2D eigenvalue weighted by molar-refractivity contribution is 7.92. The van der Waals surface area contributed by atoms with E-state index in [1.807, 2.05) is 0 Å². The van der Waals surface area contributed by atoms with Crippen molar-refractivity contribution in [2.24, 2.45) is 0 Å². The molecule has 9 heteroatoms. The lowest BCUT2D eigenvalue weighted by molar-refractivity contribution is 0.499. The van der Waals surface area contributed by atoms with Gasteiger partial charge in [0.05, 0.1) is 16.7 Å². The number of aliphatic hydroxyl groups excluding tert-OH is 1. The molecule has 0 unspecified atom stereocenters. The highest BCUT2D eigenvalue weighted by atomic mass is 32.2. The van der Waals surface area contributed by atoms with E-state index in [2.05, 4.69) is 26.8 Å². The summed E-state index contributed by atoms with van der Waals surface area (Å²) in [7, 11) is -3.38. The van der Waals surface area contributed by atoms with E-state index in [0.29, 0.717) is 34.5 Å². The third-order valence-corrected chi connectivity index (χ3v) is 7.34. The van der Waals surface area contributed by atoms with Gasteiger partial charge >= 0.3 is 0 Å². The van der Waals surface area contributed by atoms with E-state index in [1.54, 1.807) is 38.1 Å². The zero-order valence-corrected chi connectivity index (χ0v) is 21.4. The minimum Gasteiger partial charge on any atom is -0.512 e. The van der Waals surface area contributed by atoms with Crippen LogP contribution in [0, 0.1) is 6.92 Å². The molecule has 3 rings (SSSR count). The molecule has 0 bridgehead atoms. The first-order valence-corrected chi connectivity index (χ1v) is 14.0. The molecule has 0 aliphatic heterocycles. The number of nitrogens with zero attached hydrogens (tertiary/aromatic N) is 4. The third kappa shape index (κ3) is 7.16. The molecule has 0 saturated carbocycles. The molecule has 0 atom stereocenters. The molecule has 1 aromatic carbocycles. The van der Waals surface area contributed by atoms with Crippen LogP contribution in [0.4, 0.5) is 5.69 Å². The summed E-state index contributed by atoms with van der Waals surface area (Å²) in [6.07, 6.45) is 11.7. The molecule has 0 spiro atoms. The van der Waals surface area contributed by atoms with Crippen molar-refractivity contribution in [2.75, 3.05) is 10.5 Å². The normalized spacial score (nSPS) is 12.9. The van der Waals surface area contributed by atoms with Crippen molar-refractivity contribution < 1.29 is 13.5 Å². The summed E-state index contributed by atoms with van der Waals surface area (Å²) in [5.74, 6) is 0.740. The van der Waals surface area contributed by atoms with Gasteiger partial charge in [-0.15, -0.1) is 9.73 Å². The van der Waals surface area contributed by atoms with Gasteiger partial charge in [0.1, 0.15) is 5.76 Å². The Morgan fingerprint density at radius 3 is 2.12 bits per heavy atom. The fourth-order valence-electron chi connectivity index (χ4n) is 4.13. The Labute approximate surface area is 202 Å². The van der Waals surface area contributed by atoms with Crippen LogP contribution in [-0.4, -0.2) is 39.1 Å². The quantitative estimate of drug-likeness (QED) is 0.304. The Hall–Kier alpha value is -2.68. The van der Waals surface area contributed by atoms with Crippen LogP contribution in [-0.2, 0) is 10.0 Å². The SMILES string of the molecule is CCCCCCCCCCCCS(=O)(=O)Nc1ccc(-c2nc3/c(=C(\C)O)c(C)nn3n2)cc1. The van der Waals surface area contributed by atoms with E-state index in [0.717, 1.165) is 18.4 Å². The molecule has 0 fully saturated rings. The summed E-state index contributed by atoms with van der Waals surface area (Å²) in [4.78, 5) is 4.49. The Balaban J connectivity index is 1.47. The predicted molar refractivity (Wildman–Crippen MR) is 137 cm³/mol. The number of benzene rings is 1. The van der Waals surface area contributed by atoms with Crippen LogP contribution >= 0.6 is 0 Å². The maximum atomic E-state index is 12.4. The molecule has 2 N–H and O–H groups in total. The third-order valence-electron chi connectivity index (χ3n) is 5.97. The number of anilines is 1. The van der Waals surface area contributed by atoms with Gasteiger partial charge in [0.2, 0.25) is 10.0 Å². The monoisotopic (exact) mass is 487 g/mol. The smallest absolute Gasteiger partial charge is 0.232 e. The number of aliphatic hydroxyl groups is 1. The van der Waals surface area contributed by atoms with Crippen LogP contribution in [0.1, 0.15) is 83.7 Å². The first kappa shape index (κ1) is 25.9. The van der Waals surface area contributed by atoms with Crippen LogP contribution in [0.25, 0.3) is 22.8 Å². The van der Waals surface area contributed by atoms with Gasteiger partial charge in [0.25, 0.3) is 0 Å². The minimum atomic E-state index is -3.38. The molecular formula is C25H37N5O3S. The Morgan fingerprint density at radius 2 is 1.53 bits per heavy atom. The number of hydrogen-bond acceptors (Lipinski definition) is 6. The van der Waals surface area contributed by atoms with E-state index in [1.165, 1.54) is 49.6 Å². The number of unbranched alkanes of at least 4 members (excludes halogenated alkanes) is 9. The minimum absolute atomic E-state index is 0.132. The van der Waals surface area contributed by atoms with Crippen LogP contribution < -0.4 is 9.94 Å². The second kappa shape index (κ2) is 12.1. The fraction of sp³-hybridized carbons (Fsp3) is 0.560. The first-order valence-electron chi connectivity index (χ1n) is 12.3. The molecule has 0 saturated heterocycles. The molecule has 0 aliphatic rings. The van der Waals surface area contributed by atoms with Crippen molar-refractivity contribution in [2.45, 2.75) is 85.0 Å². The first-order chi connectivity index (χ1) is 16.3. The number of hydrogen-bond donors (Lipinski definition) is 2. The number of rotatable bonds is 14. The van der Waals surface area contributed by atoms with E-state index in [-0.39, 0.29) is 11.5 Å². The van der Waals surface area contributed by atoms with Gasteiger partial charge in [-0.1, -0.05) is 64.7 Å². The van der Waals surface area contributed by atoms with E-state index in [9.17, 15) is 13.5 Å². The predicted octanol–water partition coefficient (Wildman–Crippen LogP) is 5.17. The molecule has 2 aromatic heterocycles. The lowest BCUT2D eigenvalue weighted by Crippen LogP contribution is -2.16. The van der Waals surface area contributed by atoms with Crippen LogP contribution in [0.5, 0.6) is 0 Å². The zero-order valence-electron chi connectivity index (χ0n) is 20.5. The molecule has 34 heavy (non-hydrogen) atoms. The van der Waals surface area contributed by atoms with Crippen LogP contribution in [0.3, 0.4) is 0 Å². The molecule has 0 radical (unpaired) electrons. The molecule has 2 heterocycles. The summed E-state index contributed by atoms with van der Waals surface area (Å²) in [5.41, 5.74) is 2.41. The van der Waals surface area contributed by atoms with E-state index >= 15 is 0 Å². The maximum Gasteiger partial charge on any atom is 0.232 e. The van der Waals surface area contributed by atoms with E-state index < -0.39 is 10.0 Å². The number of aryl methyl sites for hydroxylation is 1. The van der Waals surface area contributed by atoms with Gasteiger partial charge in [-0.2, -0.15) is 5.10 Å². The number of fused-ring (bicyclic) bond motifs is 1. The Kier molecular flexibility index (Phi) is 9.27. The van der Waals surface area contributed by atoms with Gasteiger partial charge < -0.3 is 5.11 Å². The molecule has 8 nitrogen and oxygen atoms in total. The molecular weight excluding hydrogens is 450 g/mol. The van der Waals surface area contributed by atoms with Gasteiger partial charge in [-0.25, -0.2) is 13.4 Å². The molecule has 3 aromatic rings. The average Bonchev–Trinajstić information content (AvgIpc) is 3.31. The van der Waals surface area contributed by atoms with E-state index in [4.69, 9.17) is 0 Å². The zero-order chi connectivity index (χ0) is 24.6. The lowest BCUT2D eigenvalue weighted by Gasteiger charge is -2.08. The summed E-state index contributed by atoms with van der Waals surface area (Å²) in [5, 5.41) is 19.1. The number of aromatic nitrogens is 4. The van der Waals surface area contributed by atoms with Crippen LogP contribution in [0.2, 0.25) is 0 Å². The summed E-state index contributed by atoms with van der Waals surface area (Å²) >= 11 is 0. The van der Waals surface area contributed by atoms with Crippen molar-refractivity contribution in [1.29, 1.82) is 0 Å². The Bertz CT molecular complexity index is 1220. The summed E-state index contributed by atoms with van der Waals surface area (Å²) < 4.78 is 28.9. The fourth-order valence-corrected chi connectivity index (χ4v) is 5.31. The average molecular weight is 488 g/mol. The number of sulfonamides is 1. The van der Waals surface area contributed by atoms with Gasteiger partial charge in [0, 0.05) is 11.3 Å². The van der Waals surface area contributed by atoms with Crippen LogP contribution in [0.15, 0.2) is 24.3 Å². The highest BCUT2D eigenvalue weighted by Gasteiger charge is 2.14. The van der Waals surface area contributed by atoms with Crippen molar-refractivity contribution in [1.82, 2.24) is 19.8 Å². The van der Waals surface area contributed by atoms with Gasteiger partial charge in [0.15, 0.2) is 11.5 Å². The standard InChI is InChI=1S/C25H37N5O3S/c1-4-5-6-7-8-9-10-11-12-13-18-34(32,33)29-22-16-14-21(15-17-22)24-26-25-23(20(3)31)19(2)27-30(25)28-24/h14-17,29,31H,4-13,18H2,1-3H3/b23-20+. The largest absolute Gasteiger partial charge is 0.512 e. The highest BCUT2D eigenvalue weighted by Crippen LogP contribution is 2.20. The lowest BCUT2D eigenvalue weighted by atomic mass is 10.1. The Morgan fingerprint density at radius 1 is 0.941 bits per heavy atom. The van der Waals surface area contributed by atoms with Crippen molar-refractivity contribution in [3.05, 3.63) is 35.2 Å². The van der Waals surface area contributed by atoms with Gasteiger partial charge in [-0.05, 0) is 44.5 Å². The van der Waals surface area contributed by atoms with Crippen molar-refractivity contribution in [3.8, 4) is 11.4 Å². The number of nitrogens with one attached hydrogen (secondary N) is 1. The maximum absolute atomic E-state index is 12.4. The van der Waals surface area contributed by atoms with Gasteiger partial charge in [-0.3, -0.25) is 4.72 Å². The molecule has 0 amide bonds. The topological polar surface area (TPSA) is 109 Å². The molecule has 186 valence electrons. The molecule has 0 aliphatic carbocycles. The summed E-state index contributed by atoms with van der Waals surface area (Å²) in [6.45, 7) is 5.61. The van der Waals surface area contributed by atoms with Crippen molar-refractivity contribution in [3.63, 3.8) is 0 Å². The second-order valence-corrected chi connectivity index (χ2v) is 10.8. The summed E-state index contributed by atoms with van der Waals surface area (Å²) in [6, 6.07) is 6.96. The second-order valence-electron chi connectivity index (χ2n) is 8.97. The van der Waals surface area contributed by atoms with Crippen molar-refractivity contribution >= 4 is 27.1 Å².